The third kappa shape index (κ3) is 2.44. The van der Waals surface area contributed by atoms with E-state index in [9.17, 15) is 9.90 Å². The number of carbonyl (C=O) groups excluding carboxylic acids is 1. The second kappa shape index (κ2) is 6.09. The Morgan fingerprint density at radius 1 is 1.29 bits per heavy atom. The fraction of sp³-hybridized carbons (Fsp3) is 0.438. The number of aromatic nitrogens is 2. The number of anilines is 1. The Hall–Kier alpha value is -1.51. The lowest BCUT2D eigenvalue weighted by Gasteiger charge is -2.24. The summed E-state index contributed by atoms with van der Waals surface area (Å²) in [4.78, 5) is 23.0. The highest BCUT2D eigenvalue weighted by Gasteiger charge is 2.50. The molecule has 0 saturated carbocycles. The number of rotatable bonds is 2. The van der Waals surface area contributed by atoms with Crippen molar-refractivity contribution in [1.82, 2.24) is 9.97 Å². The van der Waals surface area contributed by atoms with Crippen LogP contribution >= 0.6 is 23.5 Å². The standard InChI is InChI=1S/C16H17N3O3S2/c1-8-7-11(22-2)18-14-9(8)3-4-10(17-14)19-15(20)12-13(16(19)21)24-6-5-23-12/h3-4,7,12-13,15,20H,5-6H2,1-2H3. The molecule has 4 heterocycles. The van der Waals surface area contributed by atoms with Crippen LogP contribution in [0.15, 0.2) is 18.2 Å². The average molecular weight is 363 g/mol. The highest BCUT2D eigenvalue weighted by Crippen LogP contribution is 2.42. The summed E-state index contributed by atoms with van der Waals surface area (Å²) in [5.41, 5.74) is 1.52. The smallest absolute Gasteiger partial charge is 0.244 e. The van der Waals surface area contributed by atoms with Gasteiger partial charge < -0.3 is 9.84 Å². The average Bonchev–Trinajstić information content (AvgIpc) is 2.85. The molecule has 2 aromatic rings. The van der Waals surface area contributed by atoms with Crippen molar-refractivity contribution >= 4 is 46.3 Å². The number of nitrogens with zero attached hydrogens (tertiary/aromatic N) is 3. The lowest BCUT2D eigenvalue weighted by molar-refractivity contribution is -0.117. The van der Waals surface area contributed by atoms with E-state index in [0.29, 0.717) is 17.3 Å². The molecule has 0 radical (unpaired) electrons. The van der Waals surface area contributed by atoms with Crippen LogP contribution in [0.2, 0.25) is 0 Å². The molecule has 0 aliphatic carbocycles. The van der Waals surface area contributed by atoms with Gasteiger partial charge in [0.05, 0.1) is 12.4 Å². The highest BCUT2D eigenvalue weighted by molar-refractivity contribution is 8.07. The van der Waals surface area contributed by atoms with Gasteiger partial charge in [0, 0.05) is 23.0 Å². The predicted molar refractivity (Wildman–Crippen MR) is 96.8 cm³/mol. The van der Waals surface area contributed by atoms with Crippen LogP contribution in [0.25, 0.3) is 11.0 Å². The predicted octanol–water partition coefficient (Wildman–Crippen LogP) is 1.83. The van der Waals surface area contributed by atoms with Crippen LogP contribution in [-0.4, -0.2) is 56.3 Å². The van der Waals surface area contributed by atoms with Gasteiger partial charge in [-0.15, -0.1) is 11.8 Å². The summed E-state index contributed by atoms with van der Waals surface area (Å²) in [6.45, 7) is 1.96. The van der Waals surface area contributed by atoms with E-state index in [2.05, 4.69) is 9.97 Å². The number of carbonyl (C=O) groups is 1. The maximum absolute atomic E-state index is 12.7. The Labute approximate surface area is 148 Å². The molecule has 3 atom stereocenters. The zero-order valence-electron chi connectivity index (χ0n) is 13.3. The summed E-state index contributed by atoms with van der Waals surface area (Å²) in [7, 11) is 1.56. The first-order chi connectivity index (χ1) is 11.6. The molecule has 2 saturated heterocycles. The van der Waals surface area contributed by atoms with Crippen LogP contribution in [-0.2, 0) is 4.79 Å². The molecule has 6 nitrogen and oxygen atoms in total. The summed E-state index contributed by atoms with van der Waals surface area (Å²) in [5.74, 6) is 2.73. The van der Waals surface area contributed by atoms with Gasteiger partial charge >= 0.3 is 0 Å². The van der Waals surface area contributed by atoms with Gasteiger partial charge in [-0.05, 0) is 24.6 Å². The Morgan fingerprint density at radius 2 is 2.08 bits per heavy atom. The summed E-state index contributed by atoms with van der Waals surface area (Å²) in [6.07, 6.45) is -0.850. The fourth-order valence-corrected chi connectivity index (χ4v) is 6.07. The molecular formula is C16H17N3O3S2. The van der Waals surface area contributed by atoms with E-state index in [-0.39, 0.29) is 16.4 Å². The first-order valence-corrected chi connectivity index (χ1v) is 9.76. The molecule has 1 N–H and O–H groups in total. The molecular weight excluding hydrogens is 346 g/mol. The maximum atomic E-state index is 12.7. The molecule has 2 aromatic heterocycles. The molecule has 0 aromatic carbocycles. The Balaban J connectivity index is 1.77. The van der Waals surface area contributed by atoms with E-state index in [4.69, 9.17) is 4.74 Å². The lowest BCUT2D eigenvalue weighted by atomic mass is 10.2. The zero-order chi connectivity index (χ0) is 16.8. The van der Waals surface area contributed by atoms with Crippen molar-refractivity contribution < 1.29 is 14.6 Å². The molecule has 1 amide bonds. The zero-order valence-corrected chi connectivity index (χ0v) is 14.9. The van der Waals surface area contributed by atoms with Crippen LogP contribution in [0, 0.1) is 6.92 Å². The third-order valence-electron chi connectivity index (χ3n) is 4.33. The van der Waals surface area contributed by atoms with E-state index in [0.717, 1.165) is 22.5 Å². The van der Waals surface area contributed by atoms with Gasteiger partial charge in [0.15, 0.2) is 5.65 Å². The van der Waals surface area contributed by atoms with Crippen LogP contribution in [0.4, 0.5) is 5.82 Å². The van der Waals surface area contributed by atoms with Gasteiger partial charge in [0.1, 0.15) is 17.3 Å². The number of aryl methyl sites for hydroxylation is 1. The number of methoxy groups -OCH3 is 1. The summed E-state index contributed by atoms with van der Waals surface area (Å²) in [5, 5.41) is 11.2. The minimum absolute atomic E-state index is 0.0730. The molecule has 2 aliphatic heterocycles. The van der Waals surface area contributed by atoms with Crippen molar-refractivity contribution in [2.24, 2.45) is 0 Å². The van der Waals surface area contributed by atoms with Crippen LogP contribution in [0.3, 0.4) is 0 Å². The molecule has 3 unspecified atom stereocenters. The van der Waals surface area contributed by atoms with E-state index < -0.39 is 6.23 Å². The molecule has 24 heavy (non-hydrogen) atoms. The summed E-state index contributed by atoms with van der Waals surface area (Å²) in [6, 6.07) is 5.51. The largest absolute Gasteiger partial charge is 0.481 e. The fourth-order valence-electron chi connectivity index (χ4n) is 3.13. The molecule has 126 valence electrons. The molecule has 0 spiro atoms. The molecule has 4 rings (SSSR count). The molecule has 2 aliphatic rings. The SMILES string of the molecule is COc1cc(C)c2ccc(N3C(=O)C4SCCSC4C3O)nc2n1. The van der Waals surface area contributed by atoms with Gasteiger partial charge in [-0.1, -0.05) is 0 Å². The molecule has 0 bridgehead atoms. The topological polar surface area (TPSA) is 75.5 Å². The van der Waals surface area contributed by atoms with Gasteiger partial charge in [-0.2, -0.15) is 16.7 Å². The van der Waals surface area contributed by atoms with Gasteiger partial charge in [0.25, 0.3) is 0 Å². The number of aliphatic hydroxyl groups excluding tert-OH is 1. The first-order valence-electron chi connectivity index (χ1n) is 7.67. The van der Waals surface area contributed by atoms with Gasteiger partial charge in [-0.3, -0.25) is 9.69 Å². The number of amides is 1. The third-order valence-corrected chi connectivity index (χ3v) is 7.39. The number of hydrogen-bond acceptors (Lipinski definition) is 7. The van der Waals surface area contributed by atoms with Gasteiger partial charge in [-0.25, -0.2) is 4.98 Å². The van der Waals surface area contributed by atoms with E-state index in [1.54, 1.807) is 36.7 Å². The van der Waals surface area contributed by atoms with Crippen LogP contribution < -0.4 is 9.64 Å². The van der Waals surface area contributed by atoms with Gasteiger partial charge in [0.2, 0.25) is 11.8 Å². The number of thioether (sulfide) groups is 2. The summed E-state index contributed by atoms with van der Waals surface area (Å²) < 4.78 is 5.20. The number of fused-ring (bicyclic) bond motifs is 2. The molecule has 8 heteroatoms. The Kier molecular flexibility index (Phi) is 4.06. The van der Waals surface area contributed by atoms with Crippen molar-refractivity contribution in [3.05, 3.63) is 23.8 Å². The summed E-state index contributed by atoms with van der Waals surface area (Å²) >= 11 is 3.28. The normalized spacial score (nSPS) is 26.7. The van der Waals surface area contributed by atoms with Crippen molar-refractivity contribution in [2.75, 3.05) is 23.5 Å². The van der Waals surface area contributed by atoms with E-state index >= 15 is 0 Å². The highest BCUT2D eigenvalue weighted by atomic mass is 32.2. The van der Waals surface area contributed by atoms with Crippen molar-refractivity contribution in [3.8, 4) is 5.88 Å². The van der Waals surface area contributed by atoms with Crippen molar-refractivity contribution in [2.45, 2.75) is 23.7 Å². The van der Waals surface area contributed by atoms with Crippen molar-refractivity contribution in [1.29, 1.82) is 0 Å². The number of pyridine rings is 2. The van der Waals surface area contributed by atoms with Crippen LogP contribution in [0.5, 0.6) is 5.88 Å². The Bertz CT molecular complexity index is 816. The monoisotopic (exact) mass is 363 g/mol. The van der Waals surface area contributed by atoms with E-state index in [1.165, 1.54) is 4.90 Å². The quantitative estimate of drug-likeness (QED) is 0.872. The minimum atomic E-state index is -0.850. The maximum Gasteiger partial charge on any atom is 0.244 e. The van der Waals surface area contributed by atoms with E-state index in [1.807, 2.05) is 19.1 Å². The minimum Gasteiger partial charge on any atom is -0.481 e. The van der Waals surface area contributed by atoms with Crippen LogP contribution in [0.1, 0.15) is 5.56 Å². The number of hydrogen-bond donors (Lipinski definition) is 1. The molecule has 2 fully saturated rings. The second-order valence-electron chi connectivity index (χ2n) is 5.77. The first kappa shape index (κ1) is 16.0. The second-order valence-corrected chi connectivity index (χ2v) is 8.31. The number of aliphatic hydroxyl groups is 1. The van der Waals surface area contributed by atoms with Crippen molar-refractivity contribution in [3.63, 3.8) is 0 Å². The number of ether oxygens (including phenoxy) is 1. The lowest BCUT2D eigenvalue weighted by Crippen LogP contribution is -2.36. The Morgan fingerprint density at radius 3 is 2.83 bits per heavy atom.